The molecule has 1 fully saturated rings. The molecule has 4 nitrogen and oxygen atoms in total. The van der Waals surface area contributed by atoms with Crippen molar-refractivity contribution in [1.29, 1.82) is 0 Å². The molecule has 0 aliphatic carbocycles. The summed E-state index contributed by atoms with van der Waals surface area (Å²) in [6, 6.07) is 8.98. The maximum atomic E-state index is 12.1. The summed E-state index contributed by atoms with van der Waals surface area (Å²) in [5.41, 5.74) is 6.65. The van der Waals surface area contributed by atoms with Crippen molar-refractivity contribution < 1.29 is 9.53 Å². The smallest absolute Gasteiger partial charge is 0.241 e. The van der Waals surface area contributed by atoms with Gasteiger partial charge in [-0.3, -0.25) is 4.79 Å². The second-order valence-electron chi connectivity index (χ2n) is 5.69. The zero-order valence-electron chi connectivity index (χ0n) is 11.6. The molecule has 1 aromatic carbocycles. The highest BCUT2D eigenvalue weighted by molar-refractivity contribution is 5.83. The molecule has 1 aliphatic heterocycles. The highest BCUT2D eigenvalue weighted by Gasteiger charge is 2.30. The molecule has 1 aromatic rings. The maximum absolute atomic E-state index is 12.1. The second kappa shape index (κ2) is 5.72. The molecule has 0 saturated carbocycles. The van der Waals surface area contributed by atoms with Crippen LogP contribution in [0.15, 0.2) is 30.3 Å². The van der Waals surface area contributed by atoms with Crippen LogP contribution in [0, 0.1) is 0 Å². The number of ether oxygens (including phenoxy) is 1. The van der Waals surface area contributed by atoms with Crippen LogP contribution in [-0.2, 0) is 9.53 Å². The van der Waals surface area contributed by atoms with E-state index in [1.54, 1.807) is 0 Å². The molecular weight excluding hydrogens is 240 g/mol. The Balaban J connectivity index is 1.94. The van der Waals surface area contributed by atoms with Crippen molar-refractivity contribution in [2.45, 2.75) is 44.4 Å². The van der Waals surface area contributed by atoms with Crippen LogP contribution in [0.2, 0.25) is 0 Å². The predicted octanol–water partition coefficient (Wildman–Crippen LogP) is 1.76. The number of hydrogen-bond donors (Lipinski definition) is 2. The fourth-order valence-corrected chi connectivity index (χ4v) is 2.46. The van der Waals surface area contributed by atoms with E-state index in [0.717, 1.165) is 18.4 Å². The Morgan fingerprint density at radius 2 is 2.11 bits per heavy atom. The SMILES string of the molecule is CC1(C)CC(NC(=O)[C@H](N)c2ccccc2)CCO1. The first kappa shape index (κ1) is 14.0. The minimum Gasteiger partial charge on any atom is -0.375 e. The van der Waals surface area contributed by atoms with Gasteiger partial charge < -0.3 is 15.8 Å². The van der Waals surface area contributed by atoms with Gasteiger partial charge in [0.2, 0.25) is 5.91 Å². The first-order valence-electron chi connectivity index (χ1n) is 6.73. The molecule has 0 spiro atoms. The number of hydrogen-bond acceptors (Lipinski definition) is 3. The van der Waals surface area contributed by atoms with Crippen molar-refractivity contribution in [1.82, 2.24) is 5.32 Å². The van der Waals surface area contributed by atoms with E-state index >= 15 is 0 Å². The summed E-state index contributed by atoms with van der Waals surface area (Å²) in [6.45, 7) is 4.77. The zero-order valence-corrected chi connectivity index (χ0v) is 11.6. The number of carbonyl (C=O) groups is 1. The van der Waals surface area contributed by atoms with Crippen molar-refractivity contribution >= 4 is 5.91 Å². The lowest BCUT2D eigenvalue weighted by atomic mass is 9.93. The molecule has 3 N–H and O–H groups in total. The predicted molar refractivity (Wildman–Crippen MR) is 74.6 cm³/mol. The van der Waals surface area contributed by atoms with Crippen molar-refractivity contribution in [3.63, 3.8) is 0 Å². The van der Waals surface area contributed by atoms with Crippen LogP contribution >= 0.6 is 0 Å². The lowest BCUT2D eigenvalue weighted by Crippen LogP contribution is -2.48. The number of amides is 1. The summed E-state index contributed by atoms with van der Waals surface area (Å²) < 4.78 is 5.64. The van der Waals surface area contributed by atoms with Crippen LogP contribution in [0.4, 0.5) is 0 Å². The number of rotatable bonds is 3. The van der Waals surface area contributed by atoms with Crippen molar-refractivity contribution in [2.75, 3.05) is 6.61 Å². The Kier molecular flexibility index (Phi) is 4.22. The molecule has 1 unspecified atom stereocenters. The minimum atomic E-state index is -0.604. The van der Waals surface area contributed by atoms with Gasteiger partial charge in [0.1, 0.15) is 6.04 Å². The van der Waals surface area contributed by atoms with Gasteiger partial charge >= 0.3 is 0 Å². The minimum absolute atomic E-state index is 0.117. The fourth-order valence-electron chi connectivity index (χ4n) is 2.46. The van der Waals surface area contributed by atoms with Gasteiger partial charge in [-0.1, -0.05) is 30.3 Å². The van der Waals surface area contributed by atoms with E-state index in [2.05, 4.69) is 5.32 Å². The van der Waals surface area contributed by atoms with Crippen LogP contribution < -0.4 is 11.1 Å². The van der Waals surface area contributed by atoms with Gasteiger partial charge in [0, 0.05) is 12.6 Å². The summed E-state index contributed by atoms with van der Waals surface area (Å²) in [6.07, 6.45) is 1.66. The summed E-state index contributed by atoms with van der Waals surface area (Å²) >= 11 is 0. The highest BCUT2D eigenvalue weighted by Crippen LogP contribution is 2.24. The molecule has 19 heavy (non-hydrogen) atoms. The molecule has 2 rings (SSSR count). The van der Waals surface area contributed by atoms with Crippen LogP contribution in [-0.4, -0.2) is 24.2 Å². The summed E-state index contributed by atoms with van der Waals surface area (Å²) in [5.74, 6) is -0.117. The number of carbonyl (C=O) groups excluding carboxylic acids is 1. The summed E-state index contributed by atoms with van der Waals surface area (Å²) in [4.78, 5) is 12.1. The topological polar surface area (TPSA) is 64.4 Å². The standard InChI is InChI=1S/C15H22N2O2/c1-15(2)10-12(8-9-19-15)17-14(18)13(16)11-6-4-3-5-7-11/h3-7,12-13H,8-10,16H2,1-2H3,(H,17,18)/t12?,13-/m1/s1. The average Bonchev–Trinajstić information content (AvgIpc) is 2.37. The molecule has 1 aliphatic rings. The summed E-state index contributed by atoms with van der Waals surface area (Å²) in [5, 5.41) is 3.03. The van der Waals surface area contributed by atoms with Crippen LogP contribution in [0.25, 0.3) is 0 Å². The van der Waals surface area contributed by atoms with E-state index in [0.29, 0.717) is 6.61 Å². The second-order valence-corrected chi connectivity index (χ2v) is 5.69. The van der Waals surface area contributed by atoms with Crippen LogP contribution in [0.1, 0.15) is 38.3 Å². The molecule has 104 valence electrons. The van der Waals surface area contributed by atoms with E-state index in [9.17, 15) is 4.79 Å². The Morgan fingerprint density at radius 1 is 1.42 bits per heavy atom. The molecule has 1 saturated heterocycles. The normalized spacial score (nSPS) is 23.6. The number of nitrogens with two attached hydrogens (primary N) is 1. The van der Waals surface area contributed by atoms with Gasteiger partial charge in [-0.25, -0.2) is 0 Å². The van der Waals surface area contributed by atoms with Crippen molar-refractivity contribution in [3.05, 3.63) is 35.9 Å². The van der Waals surface area contributed by atoms with E-state index in [-0.39, 0.29) is 17.6 Å². The third-order valence-corrected chi connectivity index (χ3v) is 3.48. The van der Waals surface area contributed by atoms with E-state index in [1.165, 1.54) is 0 Å². The Hall–Kier alpha value is -1.39. The van der Waals surface area contributed by atoms with E-state index < -0.39 is 6.04 Å². The van der Waals surface area contributed by atoms with Gasteiger partial charge in [0.25, 0.3) is 0 Å². The highest BCUT2D eigenvalue weighted by atomic mass is 16.5. The molecule has 0 bridgehead atoms. The van der Waals surface area contributed by atoms with Crippen molar-refractivity contribution in [2.24, 2.45) is 5.73 Å². The Labute approximate surface area is 114 Å². The third-order valence-electron chi connectivity index (χ3n) is 3.48. The third kappa shape index (κ3) is 3.78. The van der Waals surface area contributed by atoms with Gasteiger partial charge in [-0.05, 0) is 32.3 Å². The molecule has 1 heterocycles. The zero-order chi connectivity index (χ0) is 13.9. The van der Waals surface area contributed by atoms with Gasteiger partial charge in [0.05, 0.1) is 5.60 Å². The number of benzene rings is 1. The summed E-state index contributed by atoms with van der Waals surface area (Å²) in [7, 11) is 0. The van der Waals surface area contributed by atoms with Crippen molar-refractivity contribution in [3.8, 4) is 0 Å². The first-order chi connectivity index (χ1) is 8.98. The lowest BCUT2D eigenvalue weighted by Gasteiger charge is -2.36. The fraction of sp³-hybridized carbons (Fsp3) is 0.533. The molecule has 2 atom stereocenters. The Bertz CT molecular complexity index is 431. The largest absolute Gasteiger partial charge is 0.375 e. The first-order valence-corrected chi connectivity index (χ1v) is 6.73. The van der Waals surface area contributed by atoms with Crippen LogP contribution in [0.5, 0.6) is 0 Å². The van der Waals surface area contributed by atoms with E-state index in [4.69, 9.17) is 10.5 Å². The average molecular weight is 262 g/mol. The Morgan fingerprint density at radius 3 is 2.74 bits per heavy atom. The molecule has 4 heteroatoms. The molecule has 0 aromatic heterocycles. The molecule has 0 radical (unpaired) electrons. The molecule has 1 amide bonds. The van der Waals surface area contributed by atoms with Gasteiger partial charge in [0.15, 0.2) is 0 Å². The lowest BCUT2D eigenvalue weighted by molar-refractivity contribution is -0.125. The molecular formula is C15H22N2O2. The van der Waals surface area contributed by atoms with Gasteiger partial charge in [-0.2, -0.15) is 0 Å². The quantitative estimate of drug-likeness (QED) is 0.872. The maximum Gasteiger partial charge on any atom is 0.241 e. The van der Waals surface area contributed by atoms with E-state index in [1.807, 2.05) is 44.2 Å². The van der Waals surface area contributed by atoms with Crippen LogP contribution in [0.3, 0.4) is 0 Å². The number of nitrogens with one attached hydrogen (secondary N) is 1. The van der Waals surface area contributed by atoms with Gasteiger partial charge in [-0.15, -0.1) is 0 Å². The monoisotopic (exact) mass is 262 g/mol.